The topological polar surface area (TPSA) is 90.7 Å². The average molecular weight is 314 g/mol. The molecule has 0 aliphatic carbocycles. The second-order valence-electron chi connectivity index (χ2n) is 5.01. The molecule has 21 heavy (non-hydrogen) atoms. The maximum Gasteiger partial charge on any atom is 0.244 e. The van der Waals surface area contributed by atoms with Crippen LogP contribution in [-0.2, 0) is 21.3 Å². The van der Waals surface area contributed by atoms with Crippen molar-refractivity contribution in [3.63, 3.8) is 0 Å². The summed E-state index contributed by atoms with van der Waals surface area (Å²) in [6, 6.07) is 4.86. The molecule has 0 amide bonds. The largest absolute Gasteiger partial charge is 0.495 e. The molecule has 6 nitrogen and oxygen atoms in total. The van der Waals surface area contributed by atoms with Crippen LogP contribution < -0.4 is 15.2 Å². The van der Waals surface area contributed by atoms with Crippen molar-refractivity contribution in [3.05, 3.63) is 23.8 Å². The Labute approximate surface area is 125 Å². The summed E-state index contributed by atoms with van der Waals surface area (Å²) >= 11 is 0. The fourth-order valence-electron chi connectivity index (χ4n) is 2.37. The zero-order valence-corrected chi connectivity index (χ0v) is 13.0. The van der Waals surface area contributed by atoms with Crippen LogP contribution in [0.25, 0.3) is 0 Å². The van der Waals surface area contributed by atoms with E-state index in [2.05, 4.69) is 4.72 Å². The first-order chi connectivity index (χ1) is 10.1. The molecule has 2 rings (SSSR count). The highest BCUT2D eigenvalue weighted by Gasteiger charge is 2.21. The third-order valence-corrected chi connectivity index (χ3v) is 5.04. The van der Waals surface area contributed by atoms with Crippen LogP contribution in [0.3, 0.4) is 0 Å². The van der Waals surface area contributed by atoms with E-state index in [0.717, 1.165) is 25.0 Å². The molecule has 118 valence electrons. The van der Waals surface area contributed by atoms with Crippen molar-refractivity contribution in [2.75, 3.05) is 20.3 Å². The van der Waals surface area contributed by atoms with Crippen LogP contribution in [0.5, 0.6) is 5.75 Å². The number of nitrogens with one attached hydrogen (secondary N) is 1. The van der Waals surface area contributed by atoms with Crippen LogP contribution in [-0.4, -0.2) is 34.8 Å². The lowest BCUT2D eigenvalue weighted by Gasteiger charge is -2.13. The lowest BCUT2D eigenvalue weighted by molar-refractivity contribution is 0.105. The van der Waals surface area contributed by atoms with Gasteiger partial charge in [-0.25, -0.2) is 13.1 Å². The second kappa shape index (κ2) is 7.22. The van der Waals surface area contributed by atoms with Crippen molar-refractivity contribution < 1.29 is 17.9 Å². The molecule has 0 bridgehead atoms. The van der Waals surface area contributed by atoms with E-state index in [1.54, 1.807) is 12.1 Å². The minimum Gasteiger partial charge on any atom is -0.495 e. The van der Waals surface area contributed by atoms with Crippen molar-refractivity contribution in [1.29, 1.82) is 0 Å². The molecule has 1 aromatic carbocycles. The number of rotatable bonds is 7. The molecular formula is C14H22N2O4S. The molecular weight excluding hydrogens is 292 g/mol. The van der Waals surface area contributed by atoms with E-state index in [9.17, 15) is 8.42 Å². The summed E-state index contributed by atoms with van der Waals surface area (Å²) in [4.78, 5) is 0.134. The van der Waals surface area contributed by atoms with Crippen molar-refractivity contribution >= 4 is 10.0 Å². The maximum absolute atomic E-state index is 12.3. The smallest absolute Gasteiger partial charge is 0.244 e. The van der Waals surface area contributed by atoms with E-state index < -0.39 is 10.0 Å². The molecule has 3 N–H and O–H groups in total. The quantitative estimate of drug-likeness (QED) is 0.783. The van der Waals surface area contributed by atoms with E-state index in [0.29, 0.717) is 25.3 Å². The molecule has 1 heterocycles. The van der Waals surface area contributed by atoms with Gasteiger partial charge < -0.3 is 15.2 Å². The molecule has 7 heteroatoms. The Hall–Kier alpha value is -1.15. The highest BCUT2D eigenvalue weighted by Crippen LogP contribution is 2.25. The van der Waals surface area contributed by atoms with E-state index in [-0.39, 0.29) is 11.0 Å². The van der Waals surface area contributed by atoms with Crippen molar-refractivity contribution in [2.24, 2.45) is 5.73 Å². The van der Waals surface area contributed by atoms with Crippen molar-refractivity contribution in [1.82, 2.24) is 4.72 Å². The van der Waals surface area contributed by atoms with Crippen LogP contribution in [0.15, 0.2) is 23.1 Å². The molecule has 0 aromatic heterocycles. The summed E-state index contributed by atoms with van der Waals surface area (Å²) in [6.07, 6.45) is 2.89. The zero-order chi connectivity index (χ0) is 15.3. The molecule has 1 fully saturated rings. The first-order valence-electron chi connectivity index (χ1n) is 7.05. The van der Waals surface area contributed by atoms with Crippen LogP contribution in [0, 0.1) is 0 Å². The molecule has 1 atom stereocenters. The lowest BCUT2D eigenvalue weighted by atomic mass is 10.2. The molecule has 1 saturated heterocycles. The molecule has 0 spiro atoms. The third-order valence-electron chi connectivity index (χ3n) is 3.54. The molecule has 0 radical (unpaired) electrons. The Morgan fingerprint density at radius 3 is 2.90 bits per heavy atom. The molecule has 1 aliphatic rings. The predicted molar refractivity (Wildman–Crippen MR) is 79.7 cm³/mol. The van der Waals surface area contributed by atoms with Gasteiger partial charge in [0.15, 0.2) is 0 Å². The minimum atomic E-state index is -3.59. The number of methoxy groups -OCH3 is 1. The summed E-state index contributed by atoms with van der Waals surface area (Å²) in [5, 5.41) is 0. The van der Waals surface area contributed by atoms with Crippen molar-refractivity contribution in [3.8, 4) is 5.75 Å². The van der Waals surface area contributed by atoms with Gasteiger partial charge in [0.1, 0.15) is 10.6 Å². The van der Waals surface area contributed by atoms with Crippen LogP contribution in [0.2, 0.25) is 0 Å². The number of ether oxygens (including phenoxy) is 2. The highest BCUT2D eigenvalue weighted by atomic mass is 32.2. The average Bonchev–Trinajstić information content (AvgIpc) is 2.99. The van der Waals surface area contributed by atoms with Crippen LogP contribution in [0.1, 0.15) is 24.8 Å². The van der Waals surface area contributed by atoms with Gasteiger partial charge in [-0.3, -0.25) is 0 Å². The Morgan fingerprint density at radius 2 is 2.29 bits per heavy atom. The summed E-state index contributed by atoms with van der Waals surface area (Å²) in [6.45, 7) is 1.46. The van der Waals surface area contributed by atoms with Gasteiger partial charge in [-0.05, 0) is 37.0 Å². The number of hydrogen-bond acceptors (Lipinski definition) is 5. The third kappa shape index (κ3) is 4.16. The lowest BCUT2D eigenvalue weighted by Crippen LogP contribution is -2.27. The summed E-state index contributed by atoms with van der Waals surface area (Å²) in [7, 11) is -2.15. The van der Waals surface area contributed by atoms with Gasteiger partial charge in [-0.15, -0.1) is 0 Å². The first-order valence-corrected chi connectivity index (χ1v) is 8.53. The first kappa shape index (κ1) is 16.2. The summed E-state index contributed by atoms with van der Waals surface area (Å²) in [5.74, 6) is 0.308. The molecule has 1 unspecified atom stereocenters. The van der Waals surface area contributed by atoms with Crippen LogP contribution in [0.4, 0.5) is 0 Å². The van der Waals surface area contributed by atoms with Gasteiger partial charge in [0.2, 0.25) is 10.0 Å². The van der Waals surface area contributed by atoms with E-state index in [4.69, 9.17) is 15.2 Å². The van der Waals surface area contributed by atoms with E-state index in [1.165, 1.54) is 13.2 Å². The maximum atomic E-state index is 12.3. The Kier molecular flexibility index (Phi) is 5.58. The molecule has 0 saturated carbocycles. The summed E-state index contributed by atoms with van der Waals surface area (Å²) < 4.78 is 37.9. The van der Waals surface area contributed by atoms with E-state index >= 15 is 0 Å². The number of benzene rings is 1. The standard InChI is InChI=1S/C14H22N2O4S/c1-19-13-9-11(10-15)4-5-14(13)21(17,18)16-7-6-12-3-2-8-20-12/h4-5,9,12,16H,2-3,6-8,10,15H2,1H3. The SMILES string of the molecule is COc1cc(CN)ccc1S(=O)(=O)NCCC1CCCO1. The van der Waals surface area contributed by atoms with Gasteiger partial charge in [0.25, 0.3) is 0 Å². The predicted octanol–water partition coefficient (Wildman–Crippen LogP) is 1.00. The Balaban J connectivity index is 2.04. The number of nitrogens with two attached hydrogens (primary N) is 1. The van der Waals surface area contributed by atoms with Gasteiger partial charge in [-0.1, -0.05) is 6.07 Å². The second-order valence-corrected chi connectivity index (χ2v) is 6.75. The van der Waals surface area contributed by atoms with Gasteiger partial charge >= 0.3 is 0 Å². The van der Waals surface area contributed by atoms with Gasteiger partial charge in [0.05, 0.1) is 13.2 Å². The fraction of sp³-hybridized carbons (Fsp3) is 0.571. The number of hydrogen-bond donors (Lipinski definition) is 2. The fourth-order valence-corrected chi connectivity index (χ4v) is 3.56. The monoisotopic (exact) mass is 314 g/mol. The number of sulfonamides is 1. The normalized spacial score (nSPS) is 18.9. The van der Waals surface area contributed by atoms with Gasteiger partial charge in [-0.2, -0.15) is 0 Å². The Bertz CT molecular complexity index is 568. The zero-order valence-electron chi connectivity index (χ0n) is 12.2. The molecule has 1 aromatic rings. The van der Waals surface area contributed by atoms with E-state index in [1.807, 2.05) is 0 Å². The molecule has 1 aliphatic heterocycles. The van der Waals surface area contributed by atoms with Gasteiger partial charge in [0, 0.05) is 19.7 Å². The summed E-state index contributed by atoms with van der Waals surface area (Å²) in [5.41, 5.74) is 6.37. The van der Waals surface area contributed by atoms with Crippen LogP contribution >= 0.6 is 0 Å². The Morgan fingerprint density at radius 1 is 1.48 bits per heavy atom. The van der Waals surface area contributed by atoms with Crippen molar-refractivity contribution in [2.45, 2.75) is 36.8 Å². The minimum absolute atomic E-state index is 0.134. The highest BCUT2D eigenvalue weighted by molar-refractivity contribution is 7.89.